The molecule has 0 aromatic heterocycles. The van der Waals surface area contributed by atoms with E-state index in [0.29, 0.717) is 10.2 Å². The minimum atomic E-state index is -4.22. The third-order valence-corrected chi connectivity index (χ3v) is 6.12. The van der Waals surface area contributed by atoms with Crippen LogP contribution in [0.2, 0.25) is 0 Å². The standard InChI is InChI=1S/C19H13Br2FN2O3S/c20-12-5-8-14(9-6-12)23-19(25)15-11-13(21)7-10-17(15)24-28(26,27)18-4-2-1-3-16(18)22/h1-11,24H,(H,23,25). The molecule has 0 radical (unpaired) electrons. The summed E-state index contributed by atoms with van der Waals surface area (Å²) in [6.07, 6.45) is 0. The number of carbonyl (C=O) groups excluding carboxylic acids is 1. The number of rotatable bonds is 5. The number of sulfonamides is 1. The Morgan fingerprint density at radius 3 is 2.21 bits per heavy atom. The highest BCUT2D eigenvalue weighted by Crippen LogP contribution is 2.26. The normalized spacial score (nSPS) is 11.1. The lowest BCUT2D eigenvalue weighted by molar-refractivity contribution is 0.102. The Morgan fingerprint density at radius 1 is 0.893 bits per heavy atom. The van der Waals surface area contributed by atoms with Crippen LogP contribution < -0.4 is 10.0 Å². The first-order valence-electron chi connectivity index (χ1n) is 7.90. The van der Waals surface area contributed by atoms with Crippen molar-refractivity contribution in [2.75, 3.05) is 10.0 Å². The monoisotopic (exact) mass is 526 g/mol. The molecule has 9 heteroatoms. The third-order valence-electron chi connectivity index (χ3n) is 3.70. The molecule has 144 valence electrons. The van der Waals surface area contributed by atoms with Crippen molar-refractivity contribution in [2.24, 2.45) is 0 Å². The quantitative estimate of drug-likeness (QED) is 0.466. The summed E-state index contributed by atoms with van der Waals surface area (Å²) in [5, 5.41) is 2.70. The maximum Gasteiger partial charge on any atom is 0.264 e. The van der Waals surface area contributed by atoms with E-state index in [0.717, 1.165) is 16.6 Å². The number of amides is 1. The van der Waals surface area contributed by atoms with Crippen molar-refractivity contribution in [1.29, 1.82) is 0 Å². The Kier molecular flexibility index (Phi) is 6.17. The van der Waals surface area contributed by atoms with E-state index >= 15 is 0 Å². The first-order chi connectivity index (χ1) is 13.3. The fourth-order valence-corrected chi connectivity index (χ4v) is 4.17. The summed E-state index contributed by atoms with van der Waals surface area (Å²) >= 11 is 6.58. The average Bonchev–Trinajstić information content (AvgIpc) is 2.65. The van der Waals surface area contributed by atoms with Crippen molar-refractivity contribution in [3.63, 3.8) is 0 Å². The maximum absolute atomic E-state index is 13.9. The molecule has 3 rings (SSSR count). The summed E-state index contributed by atoms with van der Waals surface area (Å²) in [5.41, 5.74) is 0.648. The number of hydrogen-bond acceptors (Lipinski definition) is 3. The Hall–Kier alpha value is -2.23. The van der Waals surface area contributed by atoms with E-state index in [9.17, 15) is 17.6 Å². The molecule has 0 heterocycles. The molecule has 3 aromatic rings. The minimum absolute atomic E-state index is 0.0288. The van der Waals surface area contributed by atoms with E-state index in [1.54, 1.807) is 30.3 Å². The van der Waals surface area contributed by atoms with Gasteiger partial charge in [0.15, 0.2) is 0 Å². The van der Waals surface area contributed by atoms with Crippen molar-refractivity contribution in [2.45, 2.75) is 4.90 Å². The lowest BCUT2D eigenvalue weighted by atomic mass is 10.1. The van der Waals surface area contributed by atoms with E-state index in [1.807, 2.05) is 0 Å². The lowest BCUT2D eigenvalue weighted by Crippen LogP contribution is -2.19. The van der Waals surface area contributed by atoms with Crippen LogP contribution in [0.15, 0.2) is 80.6 Å². The SMILES string of the molecule is O=C(Nc1ccc(Br)cc1)c1cc(Br)ccc1NS(=O)(=O)c1ccccc1F. The molecule has 0 atom stereocenters. The van der Waals surface area contributed by atoms with Gasteiger partial charge in [-0.3, -0.25) is 9.52 Å². The molecule has 0 unspecified atom stereocenters. The van der Waals surface area contributed by atoms with Crippen molar-refractivity contribution in [3.8, 4) is 0 Å². The minimum Gasteiger partial charge on any atom is -0.322 e. The van der Waals surface area contributed by atoms with Crippen LogP contribution in [0.3, 0.4) is 0 Å². The average molecular weight is 528 g/mol. The van der Waals surface area contributed by atoms with Crippen LogP contribution in [-0.2, 0) is 10.0 Å². The Morgan fingerprint density at radius 2 is 1.54 bits per heavy atom. The van der Waals surface area contributed by atoms with Crippen molar-refractivity contribution < 1.29 is 17.6 Å². The fourth-order valence-electron chi connectivity index (χ4n) is 2.39. The molecule has 2 N–H and O–H groups in total. The number of benzene rings is 3. The zero-order valence-electron chi connectivity index (χ0n) is 14.1. The molecule has 3 aromatic carbocycles. The molecular weight excluding hydrogens is 515 g/mol. The first kappa shape index (κ1) is 20.5. The van der Waals surface area contributed by atoms with Crippen molar-refractivity contribution in [1.82, 2.24) is 0 Å². The summed E-state index contributed by atoms with van der Waals surface area (Å²) in [7, 11) is -4.22. The van der Waals surface area contributed by atoms with Crippen LogP contribution in [0.1, 0.15) is 10.4 Å². The van der Waals surface area contributed by atoms with Gasteiger partial charge in [0.1, 0.15) is 10.7 Å². The second-order valence-corrected chi connectivity index (χ2v) is 9.17. The lowest BCUT2D eigenvalue weighted by Gasteiger charge is -2.14. The molecule has 0 fully saturated rings. The molecule has 0 aliphatic rings. The van der Waals surface area contributed by atoms with Gasteiger partial charge in [0, 0.05) is 14.6 Å². The molecule has 0 aliphatic carbocycles. The number of carbonyl (C=O) groups is 1. The second-order valence-electron chi connectivity index (χ2n) is 5.69. The summed E-state index contributed by atoms with van der Waals surface area (Å²) in [6, 6.07) is 16.4. The smallest absolute Gasteiger partial charge is 0.264 e. The highest BCUT2D eigenvalue weighted by atomic mass is 79.9. The topological polar surface area (TPSA) is 75.3 Å². The number of anilines is 2. The molecule has 28 heavy (non-hydrogen) atoms. The van der Waals surface area contributed by atoms with E-state index < -0.39 is 26.6 Å². The Balaban J connectivity index is 1.93. The van der Waals surface area contributed by atoms with Crippen LogP contribution in [0, 0.1) is 5.82 Å². The van der Waals surface area contributed by atoms with E-state index in [-0.39, 0.29) is 11.3 Å². The van der Waals surface area contributed by atoms with Crippen molar-refractivity contribution in [3.05, 3.63) is 87.1 Å². The van der Waals surface area contributed by atoms with E-state index in [2.05, 4.69) is 41.9 Å². The fraction of sp³-hybridized carbons (Fsp3) is 0. The summed E-state index contributed by atoms with van der Waals surface area (Å²) in [6.45, 7) is 0. The van der Waals surface area contributed by atoms with Gasteiger partial charge in [0.05, 0.1) is 11.3 Å². The molecule has 0 aliphatic heterocycles. The predicted octanol–water partition coefficient (Wildman–Crippen LogP) is 5.40. The Labute approximate surface area is 178 Å². The summed E-state index contributed by atoms with van der Waals surface area (Å²) < 4.78 is 42.8. The van der Waals surface area contributed by atoms with Crippen LogP contribution in [0.4, 0.5) is 15.8 Å². The number of halogens is 3. The van der Waals surface area contributed by atoms with Gasteiger partial charge in [-0.25, -0.2) is 12.8 Å². The van der Waals surface area contributed by atoms with Gasteiger partial charge in [0.25, 0.3) is 15.9 Å². The molecule has 0 saturated heterocycles. The van der Waals surface area contributed by atoms with Crippen LogP contribution in [0.5, 0.6) is 0 Å². The zero-order valence-corrected chi connectivity index (χ0v) is 18.1. The molecule has 0 saturated carbocycles. The Bertz CT molecular complexity index is 1140. The van der Waals surface area contributed by atoms with Gasteiger partial charge in [-0.2, -0.15) is 0 Å². The molecule has 0 spiro atoms. The van der Waals surface area contributed by atoms with Crippen LogP contribution >= 0.6 is 31.9 Å². The van der Waals surface area contributed by atoms with Crippen LogP contribution in [0.25, 0.3) is 0 Å². The maximum atomic E-state index is 13.9. The van der Waals surface area contributed by atoms with Crippen molar-refractivity contribution >= 4 is 59.2 Å². The highest BCUT2D eigenvalue weighted by Gasteiger charge is 2.22. The van der Waals surface area contributed by atoms with Gasteiger partial charge in [-0.15, -0.1) is 0 Å². The van der Waals surface area contributed by atoms with Gasteiger partial charge in [-0.05, 0) is 54.6 Å². The first-order valence-corrected chi connectivity index (χ1v) is 11.0. The highest BCUT2D eigenvalue weighted by molar-refractivity contribution is 9.10. The second kappa shape index (κ2) is 8.42. The molecule has 5 nitrogen and oxygen atoms in total. The largest absolute Gasteiger partial charge is 0.322 e. The molecule has 0 bridgehead atoms. The molecule has 1 amide bonds. The summed E-state index contributed by atoms with van der Waals surface area (Å²) in [5.74, 6) is -1.40. The third kappa shape index (κ3) is 4.78. The zero-order chi connectivity index (χ0) is 20.3. The van der Waals surface area contributed by atoms with Gasteiger partial charge < -0.3 is 5.32 Å². The van der Waals surface area contributed by atoms with Crippen LogP contribution in [-0.4, -0.2) is 14.3 Å². The van der Waals surface area contributed by atoms with Gasteiger partial charge >= 0.3 is 0 Å². The molecular formula is C19H13Br2FN2O3S. The van der Waals surface area contributed by atoms with Gasteiger partial charge in [0.2, 0.25) is 0 Å². The van der Waals surface area contributed by atoms with Gasteiger partial charge in [-0.1, -0.05) is 44.0 Å². The number of nitrogens with one attached hydrogen (secondary N) is 2. The number of hydrogen-bond donors (Lipinski definition) is 2. The summed E-state index contributed by atoms with van der Waals surface area (Å²) in [4.78, 5) is 12.2. The van der Waals surface area contributed by atoms with E-state index in [4.69, 9.17) is 0 Å². The van der Waals surface area contributed by atoms with E-state index in [1.165, 1.54) is 24.3 Å². The predicted molar refractivity (Wildman–Crippen MR) is 113 cm³/mol.